The number of hydrogen-bond acceptors (Lipinski definition) is 7. The van der Waals surface area contributed by atoms with E-state index >= 15 is 0 Å². The Morgan fingerprint density at radius 1 is 1.07 bits per heavy atom. The van der Waals surface area contributed by atoms with E-state index in [4.69, 9.17) is 14.8 Å². The summed E-state index contributed by atoms with van der Waals surface area (Å²) in [6, 6.07) is 9.38. The molecule has 1 aromatic carbocycles. The molecule has 0 N–H and O–H groups in total. The first kappa shape index (κ1) is 28.4. The molecule has 1 fully saturated rings. The number of fused-ring (bicyclic) bond motifs is 2. The van der Waals surface area contributed by atoms with Gasteiger partial charge in [-0.15, -0.1) is 11.3 Å². The van der Waals surface area contributed by atoms with Crippen molar-refractivity contribution in [2.24, 2.45) is 0 Å². The molecule has 0 atom stereocenters. The molecule has 10 heteroatoms. The Balaban J connectivity index is 1.53. The summed E-state index contributed by atoms with van der Waals surface area (Å²) in [5, 5.41) is 8.17. The van der Waals surface area contributed by atoms with Crippen LogP contribution in [0.15, 0.2) is 48.4 Å². The van der Waals surface area contributed by atoms with Crippen LogP contribution in [0, 0.1) is 5.82 Å². The van der Waals surface area contributed by atoms with Crippen molar-refractivity contribution in [1.82, 2.24) is 24.6 Å². The van der Waals surface area contributed by atoms with Crippen molar-refractivity contribution in [2.45, 2.75) is 52.9 Å². The third-order valence-corrected chi connectivity index (χ3v) is 8.97. The number of piperazine rings is 1. The van der Waals surface area contributed by atoms with E-state index in [1.54, 1.807) is 22.3 Å². The SMILES string of the molecule is C=CC(=O)N1CCn2nc(-c3nc(N4CCN(C(C)C)CC4)c4ccsc4c3-c3ccc(F)cc3OC(C)C)cc2C1. The molecule has 0 saturated carbocycles. The topological polar surface area (TPSA) is 66.7 Å². The van der Waals surface area contributed by atoms with Crippen LogP contribution in [0.2, 0.25) is 0 Å². The molecule has 0 bridgehead atoms. The van der Waals surface area contributed by atoms with E-state index in [-0.39, 0.29) is 17.8 Å². The Bertz CT molecular complexity index is 1640. The number of anilines is 1. The molecule has 2 aliphatic heterocycles. The molecule has 0 unspecified atom stereocenters. The summed E-state index contributed by atoms with van der Waals surface area (Å²) in [5.74, 6) is 0.979. The normalized spacial score (nSPS) is 16.0. The zero-order chi connectivity index (χ0) is 29.5. The summed E-state index contributed by atoms with van der Waals surface area (Å²) in [7, 11) is 0. The van der Waals surface area contributed by atoms with Crippen molar-refractivity contribution in [1.29, 1.82) is 0 Å². The molecule has 0 spiro atoms. The van der Waals surface area contributed by atoms with Gasteiger partial charge in [-0.05, 0) is 63.4 Å². The summed E-state index contributed by atoms with van der Waals surface area (Å²) >= 11 is 1.65. The number of pyridine rings is 1. The van der Waals surface area contributed by atoms with Crippen LogP contribution in [-0.4, -0.2) is 75.3 Å². The molecule has 0 radical (unpaired) electrons. The van der Waals surface area contributed by atoms with E-state index < -0.39 is 0 Å². The van der Waals surface area contributed by atoms with E-state index in [0.717, 1.165) is 70.3 Å². The predicted molar refractivity (Wildman–Crippen MR) is 167 cm³/mol. The monoisotopic (exact) mass is 588 g/mol. The second-order valence-electron chi connectivity index (χ2n) is 11.5. The number of thiophene rings is 1. The van der Waals surface area contributed by atoms with Gasteiger partial charge in [0, 0.05) is 66.0 Å². The van der Waals surface area contributed by atoms with Crippen molar-refractivity contribution < 1.29 is 13.9 Å². The first-order valence-corrected chi connectivity index (χ1v) is 15.5. The Labute approximate surface area is 250 Å². The van der Waals surface area contributed by atoms with Crippen LogP contribution in [0.5, 0.6) is 5.75 Å². The number of benzene rings is 1. The number of carbonyl (C=O) groups is 1. The Hall–Kier alpha value is -3.76. The number of halogens is 1. The molecule has 8 nitrogen and oxygen atoms in total. The Kier molecular flexibility index (Phi) is 7.76. The molecular weight excluding hydrogens is 551 g/mol. The van der Waals surface area contributed by atoms with Gasteiger partial charge in [0.25, 0.3) is 0 Å². The predicted octanol–water partition coefficient (Wildman–Crippen LogP) is 5.81. The maximum Gasteiger partial charge on any atom is 0.246 e. The standard InChI is InChI=1S/C32H37FN6O2S/c1-6-28(40)38-14-15-39-23(19-38)18-26(35-39)30-29(24-8-7-22(33)17-27(24)41-21(4)5)31-25(9-16-42-31)32(34-30)37-12-10-36(11-13-37)20(2)3/h6-9,16-18,20-21H,1,10-15,19H2,2-5H3. The smallest absolute Gasteiger partial charge is 0.246 e. The van der Waals surface area contributed by atoms with E-state index in [9.17, 15) is 9.18 Å². The molecular formula is C32H37FN6O2S. The molecule has 42 heavy (non-hydrogen) atoms. The fourth-order valence-electron chi connectivity index (χ4n) is 5.89. The van der Waals surface area contributed by atoms with E-state index in [1.165, 1.54) is 18.2 Å². The Morgan fingerprint density at radius 2 is 1.86 bits per heavy atom. The second kappa shape index (κ2) is 11.5. The fourth-order valence-corrected chi connectivity index (χ4v) is 6.84. The van der Waals surface area contributed by atoms with E-state index in [0.29, 0.717) is 31.4 Å². The van der Waals surface area contributed by atoms with Gasteiger partial charge in [0.1, 0.15) is 28.8 Å². The molecule has 1 saturated heterocycles. The summed E-state index contributed by atoms with van der Waals surface area (Å²) in [6.07, 6.45) is 1.22. The van der Waals surface area contributed by atoms with Crippen LogP contribution >= 0.6 is 11.3 Å². The number of hydrogen-bond donors (Lipinski definition) is 0. The molecule has 3 aromatic heterocycles. The average molecular weight is 589 g/mol. The lowest BCUT2D eigenvalue weighted by Crippen LogP contribution is -2.49. The van der Waals surface area contributed by atoms with Gasteiger partial charge in [0.15, 0.2) is 0 Å². The summed E-state index contributed by atoms with van der Waals surface area (Å²) in [6.45, 7) is 17.3. The maximum atomic E-state index is 14.5. The number of carbonyl (C=O) groups excluding carboxylic acids is 1. The van der Waals surface area contributed by atoms with Crippen molar-refractivity contribution >= 4 is 33.1 Å². The van der Waals surface area contributed by atoms with Crippen molar-refractivity contribution in [2.75, 3.05) is 37.6 Å². The van der Waals surface area contributed by atoms with Gasteiger partial charge in [-0.3, -0.25) is 14.4 Å². The lowest BCUT2D eigenvalue weighted by Gasteiger charge is -2.38. The molecule has 0 aliphatic carbocycles. The van der Waals surface area contributed by atoms with Crippen molar-refractivity contribution in [3.63, 3.8) is 0 Å². The lowest BCUT2D eigenvalue weighted by molar-refractivity contribution is -0.127. The highest BCUT2D eigenvalue weighted by atomic mass is 32.1. The summed E-state index contributed by atoms with van der Waals surface area (Å²) in [4.78, 5) is 24.4. The largest absolute Gasteiger partial charge is 0.490 e. The maximum absolute atomic E-state index is 14.5. The van der Waals surface area contributed by atoms with Gasteiger partial charge in [0.2, 0.25) is 5.91 Å². The molecule has 4 aromatic rings. The molecule has 220 valence electrons. The van der Waals surface area contributed by atoms with Crippen LogP contribution in [0.3, 0.4) is 0 Å². The van der Waals surface area contributed by atoms with Gasteiger partial charge in [0.05, 0.1) is 24.9 Å². The third kappa shape index (κ3) is 5.29. The fraction of sp³-hybridized carbons (Fsp3) is 0.406. The number of ether oxygens (including phenoxy) is 1. The molecule has 2 aliphatic rings. The quantitative estimate of drug-likeness (QED) is 0.254. The van der Waals surface area contributed by atoms with E-state index in [2.05, 4.69) is 41.7 Å². The van der Waals surface area contributed by atoms with Crippen LogP contribution < -0.4 is 9.64 Å². The highest BCUT2D eigenvalue weighted by Crippen LogP contribution is 2.46. The van der Waals surface area contributed by atoms with Gasteiger partial charge in [-0.25, -0.2) is 9.37 Å². The third-order valence-electron chi connectivity index (χ3n) is 8.03. The Morgan fingerprint density at radius 3 is 2.57 bits per heavy atom. The van der Waals surface area contributed by atoms with Gasteiger partial charge >= 0.3 is 0 Å². The first-order chi connectivity index (χ1) is 20.2. The zero-order valence-electron chi connectivity index (χ0n) is 24.6. The number of aromatic nitrogens is 3. The summed E-state index contributed by atoms with van der Waals surface area (Å²) in [5.41, 5.74) is 4.07. The van der Waals surface area contributed by atoms with E-state index in [1.807, 2.05) is 24.6 Å². The van der Waals surface area contributed by atoms with Crippen LogP contribution in [0.4, 0.5) is 10.2 Å². The summed E-state index contributed by atoms with van der Waals surface area (Å²) < 4.78 is 23.7. The van der Waals surface area contributed by atoms with Gasteiger partial charge in [-0.2, -0.15) is 5.10 Å². The minimum atomic E-state index is -0.351. The number of amides is 1. The minimum Gasteiger partial charge on any atom is -0.490 e. The lowest BCUT2D eigenvalue weighted by atomic mass is 9.99. The van der Waals surface area contributed by atoms with Crippen molar-refractivity contribution in [3.8, 4) is 28.3 Å². The highest BCUT2D eigenvalue weighted by molar-refractivity contribution is 7.18. The zero-order valence-corrected chi connectivity index (χ0v) is 25.5. The highest BCUT2D eigenvalue weighted by Gasteiger charge is 2.29. The van der Waals surface area contributed by atoms with Gasteiger partial charge in [-0.1, -0.05) is 6.58 Å². The van der Waals surface area contributed by atoms with Crippen LogP contribution in [0.1, 0.15) is 33.4 Å². The average Bonchev–Trinajstić information content (AvgIpc) is 3.63. The molecule has 6 rings (SSSR count). The number of rotatable bonds is 7. The van der Waals surface area contributed by atoms with Crippen LogP contribution in [0.25, 0.3) is 32.6 Å². The number of nitrogens with zero attached hydrogens (tertiary/aromatic N) is 6. The van der Waals surface area contributed by atoms with Crippen molar-refractivity contribution in [3.05, 3.63) is 59.9 Å². The van der Waals surface area contributed by atoms with Crippen LogP contribution in [-0.2, 0) is 17.9 Å². The second-order valence-corrected chi connectivity index (χ2v) is 12.4. The first-order valence-electron chi connectivity index (χ1n) is 14.6. The molecule has 5 heterocycles. The minimum absolute atomic E-state index is 0.0903. The molecule has 1 amide bonds. The van der Waals surface area contributed by atoms with Gasteiger partial charge < -0.3 is 14.5 Å².